The third-order valence-corrected chi connectivity index (χ3v) is 4.27. The molecule has 1 aromatic carbocycles. The van der Waals surface area contributed by atoms with E-state index in [2.05, 4.69) is 34.6 Å². The van der Waals surface area contributed by atoms with Crippen LogP contribution < -0.4 is 5.32 Å². The number of benzene rings is 1. The van der Waals surface area contributed by atoms with E-state index in [1.165, 1.54) is 0 Å². The van der Waals surface area contributed by atoms with E-state index in [9.17, 15) is 4.79 Å². The molecule has 126 valence electrons. The van der Waals surface area contributed by atoms with E-state index in [4.69, 9.17) is 4.74 Å². The average molecular weight is 325 g/mol. The van der Waals surface area contributed by atoms with Crippen LogP contribution in [0.15, 0.2) is 48.8 Å². The number of amides is 2. The number of hydrogen-bond acceptors (Lipinski definition) is 3. The number of ether oxygens (including phenoxy) is 1. The van der Waals surface area contributed by atoms with Gasteiger partial charge >= 0.3 is 6.03 Å². The molecule has 2 aromatic rings. The van der Waals surface area contributed by atoms with E-state index >= 15 is 0 Å². The number of nitrogens with zero attached hydrogens (tertiary/aromatic N) is 2. The quantitative estimate of drug-likeness (QED) is 0.942. The Hall–Kier alpha value is -2.40. The second kappa shape index (κ2) is 7.45. The number of morpholine rings is 1. The van der Waals surface area contributed by atoms with Gasteiger partial charge < -0.3 is 15.0 Å². The summed E-state index contributed by atoms with van der Waals surface area (Å²) >= 11 is 0. The highest BCUT2D eigenvalue weighted by Crippen LogP contribution is 2.21. The van der Waals surface area contributed by atoms with Gasteiger partial charge in [0.05, 0.1) is 18.8 Å². The van der Waals surface area contributed by atoms with Gasteiger partial charge in [0.2, 0.25) is 0 Å². The first kappa shape index (κ1) is 16.5. The van der Waals surface area contributed by atoms with E-state index < -0.39 is 0 Å². The number of hydrogen-bond donors (Lipinski definition) is 1. The summed E-state index contributed by atoms with van der Waals surface area (Å²) in [5.41, 5.74) is 3.28. The molecule has 0 radical (unpaired) electrons. The molecular formula is C19H23N3O2. The van der Waals surface area contributed by atoms with Crippen molar-refractivity contribution in [2.75, 3.05) is 19.7 Å². The summed E-state index contributed by atoms with van der Waals surface area (Å²) in [7, 11) is 0. The third kappa shape index (κ3) is 3.92. The zero-order valence-electron chi connectivity index (χ0n) is 14.1. The maximum absolute atomic E-state index is 12.4. The van der Waals surface area contributed by atoms with Crippen LogP contribution in [-0.2, 0) is 4.74 Å². The molecule has 0 bridgehead atoms. The highest BCUT2D eigenvalue weighted by atomic mass is 16.5. The molecule has 5 heteroatoms. The number of nitrogens with one attached hydrogen (secondary N) is 1. The van der Waals surface area contributed by atoms with Gasteiger partial charge in [0.25, 0.3) is 0 Å². The lowest BCUT2D eigenvalue weighted by atomic mass is 10.0. The highest BCUT2D eigenvalue weighted by Gasteiger charge is 2.22. The van der Waals surface area contributed by atoms with E-state index in [-0.39, 0.29) is 18.2 Å². The normalized spacial score (nSPS) is 18.9. The van der Waals surface area contributed by atoms with Crippen LogP contribution in [0.4, 0.5) is 4.79 Å². The number of carbonyl (C=O) groups is 1. The Bertz CT molecular complexity index is 673. The molecular weight excluding hydrogens is 302 g/mol. The van der Waals surface area contributed by atoms with Crippen LogP contribution in [0, 0.1) is 0 Å². The van der Waals surface area contributed by atoms with Crippen molar-refractivity contribution in [1.29, 1.82) is 0 Å². The number of urea groups is 1. The Balaban J connectivity index is 1.62. The fourth-order valence-electron chi connectivity index (χ4n) is 2.86. The van der Waals surface area contributed by atoms with E-state index in [0.717, 1.165) is 16.7 Å². The SMILES string of the molecule is C[C@@H]1CN(C(=O)N[C@@H](C)c2ccc(-c3cccnc3)cc2)CCO1. The van der Waals surface area contributed by atoms with Crippen molar-refractivity contribution in [2.24, 2.45) is 0 Å². The molecule has 2 heterocycles. The largest absolute Gasteiger partial charge is 0.375 e. The Morgan fingerprint density at radius 3 is 2.75 bits per heavy atom. The topological polar surface area (TPSA) is 54.5 Å². The summed E-state index contributed by atoms with van der Waals surface area (Å²) in [4.78, 5) is 18.3. The molecule has 5 nitrogen and oxygen atoms in total. The maximum Gasteiger partial charge on any atom is 0.318 e. The maximum atomic E-state index is 12.4. The molecule has 1 aliphatic heterocycles. The zero-order chi connectivity index (χ0) is 16.9. The predicted molar refractivity (Wildman–Crippen MR) is 93.6 cm³/mol. The van der Waals surface area contributed by atoms with Crippen molar-refractivity contribution < 1.29 is 9.53 Å². The summed E-state index contributed by atoms with van der Waals surface area (Å²) in [5.74, 6) is 0. The molecule has 0 aliphatic carbocycles. The van der Waals surface area contributed by atoms with Crippen molar-refractivity contribution in [2.45, 2.75) is 26.0 Å². The van der Waals surface area contributed by atoms with E-state index in [1.54, 1.807) is 6.20 Å². The molecule has 1 aliphatic rings. The molecule has 2 atom stereocenters. The smallest absolute Gasteiger partial charge is 0.318 e. The minimum atomic E-state index is -0.0430. The van der Waals surface area contributed by atoms with Gasteiger partial charge in [-0.15, -0.1) is 0 Å². The number of pyridine rings is 1. The van der Waals surface area contributed by atoms with Crippen molar-refractivity contribution in [3.8, 4) is 11.1 Å². The van der Waals surface area contributed by atoms with Crippen LogP contribution in [0.25, 0.3) is 11.1 Å². The van der Waals surface area contributed by atoms with Crippen LogP contribution in [0.3, 0.4) is 0 Å². The van der Waals surface area contributed by atoms with Gasteiger partial charge in [0.1, 0.15) is 0 Å². The number of rotatable bonds is 3. The third-order valence-electron chi connectivity index (χ3n) is 4.27. The summed E-state index contributed by atoms with van der Waals surface area (Å²) in [5, 5.41) is 3.06. The lowest BCUT2D eigenvalue weighted by Gasteiger charge is -2.32. The average Bonchev–Trinajstić information content (AvgIpc) is 2.62. The van der Waals surface area contributed by atoms with Crippen LogP contribution >= 0.6 is 0 Å². The molecule has 0 unspecified atom stereocenters. The molecule has 0 saturated carbocycles. The van der Waals surface area contributed by atoms with Gasteiger partial charge in [-0.3, -0.25) is 4.98 Å². The van der Waals surface area contributed by atoms with Gasteiger partial charge in [-0.2, -0.15) is 0 Å². The van der Waals surface area contributed by atoms with Gasteiger partial charge in [-0.1, -0.05) is 30.3 Å². The standard InChI is InChI=1S/C19H23N3O2/c1-14-13-22(10-11-24-14)19(23)21-15(2)16-5-7-17(8-6-16)18-4-3-9-20-12-18/h3-9,12,14-15H,10-11,13H2,1-2H3,(H,21,23)/t14-,15+/m1/s1. The Morgan fingerprint density at radius 1 is 1.29 bits per heavy atom. The van der Waals surface area contributed by atoms with Crippen molar-refractivity contribution in [1.82, 2.24) is 15.2 Å². The lowest BCUT2D eigenvalue weighted by molar-refractivity contribution is -0.00380. The Morgan fingerprint density at radius 2 is 2.08 bits per heavy atom. The second-order valence-corrected chi connectivity index (χ2v) is 6.16. The first-order valence-electron chi connectivity index (χ1n) is 8.31. The molecule has 0 spiro atoms. The minimum Gasteiger partial charge on any atom is -0.375 e. The molecule has 1 saturated heterocycles. The van der Waals surface area contributed by atoms with Crippen LogP contribution in [0.2, 0.25) is 0 Å². The molecule has 1 aromatic heterocycles. The lowest BCUT2D eigenvalue weighted by Crippen LogP contribution is -2.49. The second-order valence-electron chi connectivity index (χ2n) is 6.16. The fourth-order valence-corrected chi connectivity index (χ4v) is 2.86. The van der Waals surface area contributed by atoms with Crippen molar-refractivity contribution >= 4 is 6.03 Å². The predicted octanol–water partition coefficient (Wildman–Crippen LogP) is 3.24. The number of aromatic nitrogens is 1. The molecule has 3 rings (SSSR count). The molecule has 2 amide bonds. The Labute approximate surface area is 142 Å². The minimum absolute atomic E-state index is 0.0333. The van der Waals surface area contributed by atoms with Gasteiger partial charge in [-0.25, -0.2) is 4.79 Å². The molecule has 1 N–H and O–H groups in total. The van der Waals surface area contributed by atoms with Crippen molar-refractivity contribution in [3.63, 3.8) is 0 Å². The van der Waals surface area contributed by atoms with Crippen LogP contribution in [-0.4, -0.2) is 41.7 Å². The van der Waals surface area contributed by atoms with E-state index in [0.29, 0.717) is 19.7 Å². The molecule has 1 fully saturated rings. The van der Waals surface area contributed by atoms with Gasteiger partial charge in [0.15, 0.2) is 0 Å². The first-order valence-corrected chi connectivity index (χ1v) is 8.31. The van der Waals surface area contributed by atoms with Gasteiger partial charge in [-0.05, 0) is 36.6 Å². The van der Waals surface area contributed by atoms with Gasteiger partial charge in [0, 0.05) is 25.5 Å². The van der Waals surface area contributed by atoms with Crippen LogP contribution in [0.1, 0.15) is 25.5 Å². The summed E-state index contributed by atoms with van der Waals surface area (Å²) in [6, 6.07) is 12.1. The zero-order valence-corrected chi connectivity index (χ0v) is 14.1. The van der Waals surface area contributed by atoms with Crippen molar-refractivity contribution in [3.05, 3.63) is 54.4 Å². The monoisotopic (exact) mass is 325 g/mol. The summed E-state index contributed by atoms with van der Waals surface area (Å²) < 4.78 is 5.48. The fraction of sp³-hybridized carbons (Fsp3) is 0.368. The number of carbonyl (C=O) groups excluding carboxylic acids is 1. The summed E-state index contributed by atoms with van der Waals surface area (Å²) in [6.07, 6.45) is 3.71. The van der Waals surface area contributed by atoms with E-state index in [1.807, 2.05) is 37.1 Å². The summed E-state index contributed by atoms with van der Waals surface area (Å²) in [6.45, 7) is 5.87. The highest BCUT2D eigenvalue weighted by molar-refractivity contribution is 5.75. The first-order chi connectivity index (χ1) is 11.6. The Kier molecular flexibility index (Phi) is 5.11. The molecule has 24 heavy (non-hydrogen) atoms. The van der Waals surface area contributed by atoms with Crippen LogP contribution in [0.5, 0.6) is 0 Å².